The number of likely N-dealkylation sites (tertiary alicyclic amines) is 3. The number of ether oxygens (including phenoxy) is 2. The highest BCUT2D eigenvalue weighted by Crippen LogP contribution is 2.23. The van der Waals surface area contributed by atoms with Gasteiger partial charge in [-0.2, -0.15) is 0 Å². The van der Waals surface area contributed by atoms with E-state index in [0.29, 0.717) is 23.9 Å². The Balaban J connectivity index is 0.000000310. The topological polar surface area (TPSA) is 86.3 Å². The zero-order valence-corrected chi connectivity index (χ0v) is 55.1. The van der Waals surface area contributed by atoms with E-state index in [4.69, 9.17) is 9.47 Å². The maximum atomic E-state index is 5.21. The fourth-order valence-corrected chi connectivity index (χ4v) is 10.5. The van der Waals surface area contributed by atoms with Crippen molar-refractivity contribution in [1.29, 1.82) is 0 Å². The molecule has 0 bridgehead atoms. The van der Waals surface area contributed by atoms with Gasteiger partial charge >= 0.3 is 0 Å². The highest BCUT2D eigenvalue weighted by Gasteiger charge is 2.31. The molecule has 7 aliphatic rings. The molecule has 0 unspecified atom stereocenters. The molecule has 0 aliphatic carbocycles. The van der Waals surface area contributed by atoms with Crippen molar-refractivity contribution < 1.29 is 9.47 Å². The second-order valence-corrected chi connectivity index (χ2v) is 25.8. The Morgan fingerprint density at radius 3 is 1.15 bits per heavy atom. The first-order valence-electron chi connectivity index (χ1n) is 31.9. The molecule has 0 saturated carbocycles. The number of hydrogen-bond acceptors (Lipinski definition) is 14. The van der Waals surface area contributed by atoms with Crippen molar-refractivity contribution in [2.75, 3.05) is 165 Å². The fraction of sp³-hybridized carbons (Fsp3) is 0.862. The van der Waals surface area contributed by atoms with E-state index < -0.39 is 0 Å². The van der Waals surface area contributed by atoms with Gasteiger partial charge in [0, 0.05) is 152 Å². The first kappa shape index (κ1) is 72.9. The molecule has 7 saturated heterocycles. The molecule has 0 atom stereocenters. The van der Waals surface area contributed by atoms with Gasteiger partial charge in [-0.3, -0.25) is 29.5 Å². The van der Waals surface area contributed by atoms with Crippen LogP contribution in [0.3, 0.4) is 0 Å². The Bertz CT molecular complexity index is 1530. The Labute approximate surface area is 489 Å². The molecular weight excluding hydrogens is 981 g/mol. The Morgan fingerprint density at radius 1 is 0.430 bits per heavy atom. The van der Waals surface area contributed by atoms with Gasteiger partial charge in [0.2, 0.25) is 0 Å². The zero-order chi connectivity index (χ0) is 58.7. The van der Waals surface area contributed by atoms with Crippen molar-refractivity contribution in [3.63, 3.8) is 0 Å². The van der Waals surface area contributed by atoms with Gasteiger partial charge in [0.25, 0.3) is 0 Å². The number of piperidine rings is 2. The summed E-state index contributed by atoms with van der Waals surface area (Å²) in [5.74, 6) is 2.97. The Kier molecular flexibility index (Phi) is 39.3. The lowest BCUT2D eigenvalue weighted by molar-refractivity contribution is 0.0110. The van der Waals surface area contributed by atoms with Crippen LogP contribution in [0.5, 0.6) is 0 Å². The van der Waals surface area contributed by atoms with Crippen LogP contribution in [-0.4, -0.2) is 261 Å². The quantitative estimate of drug-likeness (QED) is 0.239. The Hall–Kier alpha value is -2.21. The lowest BCUT2D eigenvalue weighted by atomic mass is 9.87. The van der Waals surface area contributed by atoms with Crippen LogP contribution >= 0.6 is 0 Å². The molecular formula is C65H128N12O2. The maximum absolute atomic E-state index is 5.21. The van der Waals surface area contributed by atoms with Crippen LogP contribution in [0.4, 0.5) is 0 Å². The monoisotopic (exact) mass is 1110 g/mol. The maximum Gasteiger partial charge on any atom is 0.115 e. The van der Waals surface area contributed by atoms with E-state index in [2.05, 4.69) is 191 Å². The van der Waals surface area contributed by atoms with Crippen LogP contribution in [0, 0.1) is 11.8 Å². The molecule has 9 rings (SSSR count). The third kappa shape index (κ3) is 33.0. The van der Waals surface area contributed by atoms with E-state index in [9.17, 15) is 0 Å². The third-order valence-electron chi connectivity index (χ3n) is 16.8. The van der Waals surface area contributed by atoms with E-state index in [1.54, 1.807) is 6.33 Å². The second-order valence-electron chi connectivity index (χ2n) is 25.8. The van der Waals surface area contributed by atoms with Gasteiger partial charge in [-0.15, -0.1) is 0 Å². The van der Waals surface area contributed by atoms with E-state index in [-0.39, 0.29) is 0 Å². The number of likely N-dealkylation sites (N-methyl/N-ethyl adjacent to an activating group) is 2. The summed E-state index contributed by atoms with van der Waals surface area (Å²) in [6, 6.07) is 10.5. The van der Waals surface area contributed by atoms with Crippen molar-refractivity contribution in [2.24, 2.45) is 11.8 Å². The molecule has 7 aliphatic heterocycles. The van der Waals surface area contributed by atoms with E-state index in [1.165, 1.54) is 129 Å². The molecule has 0 spiro atoms. The summed E-state index contributed by atoms with van der Waals surface area (Å²) in [6.45, 7) is 61.8. The van der Waals surface area contributed by atoms with Gasteiger partial charge in [-0.05, 0) is 184 Å². The SMILES string of the molecule is CC(C)C1CCN(C)CC1.CC(C)N1CCCCC1.CC(C)N1CCN(C)CC1.CC(C)N1CCN(C2CN(C)C2)CC1.CC(C)N1CCOCC1.CC(C)N1CCOCC1.CC(C)c1ccccn1.CC(C)c1cncnc1. The van der Waals surface area contributed by atoms with Crippen LogP contribution in [0.15, 0.2) is 43.1 Å². The van der Waals surface area contributed by atoms with Crippen molar-refractivity contribution in [3.8, 4) is 0 Å². The Morgan fingerprint density at radius 2 is 0.835 bits per heavy atom. The average molecular weight is 1110 g/mol. The van der Waals surface area contributed by atoms with Crippen molar-refractivity contribution >= 4 is 0 Å². The lowest BCUT2D eigenvalue weighted by Gasteiger charge is -2.47. The van der Waals surface area contributed by atoms with E-state index in [0.717, 1.165) is 94.3 Å². The minimum Gasteiger partial charge on any atom is -0.379 e. The van der Waals surface area contributed by atoms with E-state index >= 15 is 0 Å². The largest absolute Gasteiger partial charge is 0.379 e. The fourth-order valence-electron chi connectivity index (χ4n) is 10.5. The number of morpholine rings is 2. The van der Waals surface area contributed by atoms with Crippen molar-refractivity contribution in [3.05, 3.63) is 54.4 Å². The van der Waals surface area contributed by atoms with Gasteiger partial charge in [0.15, 0.2) is 0 Å². The van der Waals surface area contributed by atoms with Gasteiger partial charge in [-0.25, -0.2) is 9.97 Å². The normalized spacial score (nSPS) is 21.3. The smallest absolute Gasteiger partial charge is 0.115 e. The molecule has 14 heteroatoms. The predicted octanol–water partition coefficient (Wildman–Crippen LogP) is 10.1. The number of nitrogens with zero attached hydrogens (tertiary/aromatic N) is 12. The number of piperazine rings is 2. The number of aromatic nitrogens is 3. The predicted molar refractivity (Wildman–Crippen MR) is 339 cm³/mol. The van der Waals surface area contributed by atoms with Gasteiger partial charge < -0.3 is 29.1 Å². The summed E-state index contributed by atoms with van der Waals surface area (Å²) in [5, 5.41) is 0. The molecule has 7 fully saturated rings. The standard InChI is InChI=1S/C11H23N3.C9H19N.C8H18N2.C8H17N.C8H11N.C7H10N2.2C7H15NO/c1-10(2)13-4-6-14(7-5-13)11-8-12(3)9-11;1-8(2)9-4-6-10(3)7-5-9;1-8(2)10-6-4-9(3)5-7-10;1-8(2)9-6-4-3-5-7-9;1-7(2)8-5-3-4-6-9-8;1-6(2)7-3-8-5-9-4-7;2*1-7(2)8-3-5-9-6-4-8/h10-11H,4-9H2,1-3H3;8-9H,4-7H2,1-3H3;8H,4-7H2,1-3H3;8H,3-7H2,1-2H3;3-7H,1-2H3;3-6H,1-2H3;2*7H,3-6H2,1-2H3. The molecule has 0 amide bonds. The number of hydrogen-bond donors (Lipinski definition) is 0. The highest BCUT2D eigenvalue weighted by atomic mass is 16.5. The molecule has 14 nitrogen and oxygen atoms in total. The van der Waals surface area contributed by atoms with Crippen LogP contribution in [0.2, 0.25) is 0 Å². The van der Waals surface area contributed by atoms with E-state index in [1.807, 2.05) is 36.8 Å². The first-order chi connectivity index (χ1) is 37.6. The second kappa shape index (κ2) is 42.6. The first-order valence-corrected chi connectivity index (χ1v) is 31.9. The summed E-state index contributed by atoms with van der Waals surface area (Å²) in [5.41, 5.74) is 2.36. The molecule has 0 radical (unpaired) electrons. The van der Waals surface area contributed by atoms with Crippen molar-refractivity contribution in [1.82, 2.24) is 59.1 Å². The number of pyridine rings is 1. The molecule has 9 heterocycles. The van der Waals surface area contributed by atoms with Crippen LogP contribution in [-0.2, 0) is 9.47 Å². The summed E-state index contributed by atoms with van der Waals surface area (Å²) in [6.07, 6.45) is 14.2. The zero-order valence-electron chi connectivity index (χ0n) is 55.1. The van der Waals surface area contributed by atoms with Crippen molar-refractivity contribution in [2.45, 2.75) is 191 Å². The molecule has 79 heavy (non-hydrogen) atoms. The van der Waals surface area contributed by atoms with Gasteiger partial charge in [0.05, 0.1) is 26.4 Å². The van der Waals surface area contributed by atoms with Gasteiger partial charge in [0.1, 0.15) is 6.33 Å². The number of rotatable bonds is 9. The summed E-state index contributed by atoms with van der Waals surface area (Å²) < 4.78 is 10.4. The molecule has 2 aromatic heterocycles. The minimum absolute atomic E-state index is 0.534. The van der Waals surface area contributed by atoms with Crippen LogP contribution < -0.4 is 0 Å². The molecule has 460 valence electrons. The van der Waals surface area contributed by atoms with Crippen LogP contribution in [0.25, 0.3) is 0 Å². The molecule has 2 aromatic rings. The molecule has 0 N–H and O–H groups in total. The summed E-state index contributed by atoms with van der Waals surface area (Å²) >= 11 is 0. The third-order valence-corrected chi connectivity index (χ3v) is 16.8. The minimum atomic E-state index is 0.534. The van der Waals surface area contributed by atoms with Crippen LogP contribution in [0.1, 0.15) is 166 Å². The van der Waals surface area contributed by atoms with Gasteiger partial charge in [-0.1, -0.05) is 54.0 Å². The lowest BCUT2D eigenvalue weighted by Crippen LogP contribution is -2.62. The summed E-state index contributed by atoms with van der Waals surface area (Å²) in [7, 11) is 6.62. The molecule has 0 aromatic carbocycles. The average Bonchev–Trinajstić information content (AvgIpc) is 3.45. The summed E-state index contributed by atoms with van der Waals surface area (Å²) in [4.78, 5) is 34.4. The highest BCUT2D eigenvalue weighted by molar-refractivity contribution is 5.07.